The fourth-order valence-corrected chi connectivity index (χ4v) is 5.75. The van der Waals surface area contributed by atoms with Crippen LogP contribution in [0.2, 0.25) is 0 Å². The zero-order chi connectivity index (χ0) is 26.1. The third-order valence-electron chi connectivity index (χ3n) is 8.34. The second kappa shape index (κ2) is 10.7. The predicted octanol–water partition coefficient (Wildman–Crippen LogP) is 3.05. The van der Waals surface area contributed by atoms with Gasteiger partial charge in [0.15, 0.2) is 0 Å². The van der Waals surface area contributed by atoms with Gasteiger partial charge >= 0.3 is 0 Å². The Morgan fingerprint density at radius 3 is 2.71 bits per heavy atom. The molecule has 0 radical (unpaired) electrons. The van der Waals surface area contributed by atoms with Gasteiger partial charge in [-0.2, -0.15) is 0 Å². The second-order valence-corrected chi connectivity index (χ2v) is 10.9. The first-order valence-corrected chi connectivity index (χ1v) is 13.9. The molecule has 3 aromatic rings. The van der Waals surface area contributed by atoms with Crippen molar-refractivity contribution in [2.24, 2.45) is 5.92 Å². The SMILES string of the molecule is CC(n1cc(-c2cncc(N3CCCC3=O)c2)nn1)n1ccc(N2CCC[C@@H](NCC3CCC3)C2)cc1=O. The average Bonchev–Trinajstić information content (AvgIpc) is 3.57. The van der Waals surface area contributed by atoms with E-state index >= 15 is 0 Å². The number of carbonyl (C=O) groups excluding carboxylic acids is 1. The zero-order valence-corrected chi connectivity index (χ0v) is 22.0. The quantitative estimate of drug-likeness (QED) is 0.491. The Balaban J connectivity index is 1.14. The summed E-state index contributed by atoms with van der Waals surface area (Å²) in [6.45, 7) is 5.67. The van der Waals surface area contributed by atoms with E-state index in [0.717, 1.165) is 55.3 Å². The van der Waals surface area contributed by atoms with Crippen molar-refractivity contribution < 1.29 is 4.79 Å². The molecule has 1 saturated carbocycles. The third kappa shape index (κ3) is 5.09. The highest BCUT2D eigenvalue weighted by molar-refractivity contribution is 5.95. The molecule has 10 nitrogen and oxygen atoms in total. The number of nitrogens with zero attached hydrogens (tertiary/aromatic N) is 7. The Morgan fingerprint density at radius 2 is 1.95 bits per heavy atom. The summed E-state index contributed by atoms with van der Waals surface area (Å²) in [5.41, 5.74) is 3.13. The van der Waals surface area contributed by atoms with Gasteiger partial charge in [0.1, 0.15) is 11.9 Å². The topological polar surface area (TPSA) is 101 Å². The second-order valence-electron chi connectivity index (χ2n) is 10.9. The maximum Gasteiger partial charge on any atom is 0.254 e. The van der Waals surface area contributed by atoms with Crippen molar-refractivity contribution in [3.63, 3.8) is 0 Å². The molecule has 0 aromatic carbocycles. The molecule has 5 heterocycles. The van der Waals surface area contributed by atoms with Crippen LogP contribution in [-0.4, -0.2) is 62.7 Å². The van der Waals surface area contributed by atoms with Gasteiger partial charge in [-0.05, 0) is 63.6 Å². The summed E-state index contributed by atoms with van der Waals surface area (Å²) in [5.74, 6) is 0.969. The highest BCUT2D eigenvalue weighted by Crippen LogP contribution is 2.27. The van der Waals surface area contributed by atoms with Crippen molar-refractivity contribution in [3.8, 4) is 11.3 Å². The lowest BCUT2D eigenvalue weighted by Gasteiger charge is -2.36. The van der Waals surface area contributed by atoms with E-state index in [9.17, 15) is 9.59 Å². The van der Waals surface area contributed by atoms with Crippen LogP contribution in [-0.2, 0) is 4.79 Å². The van der Waals surface area contributed by atoms with Gasteiger partial charge in [-0.25, -0.2) is 4.68 Å². The lowest BCUT2D eigenvalue weighted by molar-refractivity contribution is -0.117. The van der Waals surface area contributed by atoms with E-state index in [1.54, 1.807) is 32.6 Å². The van der Waals surface area contributed by atoms with Crippen molar-refractivity contribution >= 4 is 17.3 Å². The first-order valence-electron chi connectivity index (χ1n) is 13.9. The summed E-state index contributed by atoms with van der Waals surface area (Å²) >= 11 is 0. The molecule has 0 bridgehead atoms. The minimum atomic E-state index is -0.340. The molecule has 2 aliphatic heterocycles. The lowest BCUT2D eigenvalue weighted by atomic mass is 9.85. The summed E-state index contributed by atoms with van der Waals surface area (Å²) in [4.78, 5) is 33.7. The Morgan fingerprint density at radius 1 is 1.05 bits per heavy atom. The number of nitrogens with one attached hydrogen (secondary N) is 1. The van der Waals surface area contributed by atoms with Crippen LogP contribution in [0.5, 0.6) is 0 Å². The average molecular weight is 517 g/mol. The fraction of sp³-hybridized carbons (Fsp3) is 0.536. The number of piperidine rings is 1. The minimum absolute atomic E-state index is 0.0622. The summed E-state index contributed by atoms with van der Waals surface area (Å²) < 4.78 is 3.36. The van der Waals surface area contributed by atoms with Gasteiger partial charge in [-0.15, -0.1) is 5.10 Å². The first-order chi connectivity index (χ1) is 18.5. The molecule has 1 aliphatic carbocycles. The van der Waals surface area contributed by atoms with Crippen molar-refractivity contribution in [2.75, 3.05) is 36.0 Å². The van der Waals surface area contributed by atoms with Gasteiger partial charge < -0.3 is 15.1 Å². The van der Waals surface area contributed by atoms with Crippen molar-refractivity contribution in [1.82, 2.24) is 29.9 Å². The minimum Gasteiger partial charge on any atom is -0.370 e. The molecule has 3 fully saturated rings. The zero-order valence-electron chi connectivity index (χ0n) is 22.0. The van der Waals surface area contributed by atoms with Crippen LogP contribution in [0, 0.1) is 5.92 Å². The Hall–Kier alpha value is -3.53. The molecule has 200 valence electrons. The maximum atomic E-state index is 13.2. The Kier molecular flexibility index (Phi) is 6.97. The van der Waals surface area contributed by atoms with Gasteiger partial charge in [0.2, 0.25) is 5.91 Å². The Bertz CT molecular complexity index is 1350. The van der Waals surface area contributed by atoms with Crippen LogP contribution < -0.4 is 20.7 Å². The van der Waals surface area contributed by atoms with Crippen LogP contribution in [0.15, 0.2) is 47.8 Å². The van der Waals surface area contributed by atoms with Crippen molar-refractivity contribution in [2.45, 2.75) is 64.1 Å². The number of carbonyl (C=O) groups is 1. The van der Waals surface area contributed by atoms with Gasteiger partial charge in [0.25, 0.3) is 5.56 Å². The van der Waals surface area contributed by atoms with E-state index < -0.39 is 0 Å². The molecular formula is C28H36N8O2. The molecule has 38 heavy (non-hydrogen) atoms. The summed E-state index contributed by atoms with van der Waals surface area (Å²) in [5, 5.41) is 12.4. The van der Waals surface area contributed by atoms with Crippen LogP contribution >= 0.6 is 0 Å². The molecule has 2 atom stereocenters. The van der Waals surface area contributed by atoms with E-state index in [4.69, 9.17) is 0 Å². The predicted molar refractivity (Wildman–Crippen MR) is 146 cm³/mol. The largest absolute Gasteiger partial charge is 0.370 e. The number of hydrogen-bond acceptors (Lipinski definition) is 7. The van der Waals surface area contributed by atoms with E-state index in [1.807, 2.05) is 31.5 Å². The summed E-state index contributed by atoms with van der Waals surface area (Å²) in [6, 6.07) is 6.17. The number of amides is 1. The van der Waals surface area contributed by atoms with Gasteiger partial charge in [0, 0.05) is 61.8 Å². The van der Waals surface area contributed by atoms with Crippen LogP contribution in [0.1, 0.15) is 58.0 Å². The highest BCUT2D eigenvalue weighted by Gasteiger charge is 2.25. The Labute approximate surface area is 222 Å². The number of rotatable bonds is 8. The number of pyridine rings is 2. The van der Waals surface area contributed by atoms with Gasteiger partial charge in [-0.1, -0.05) is 11.6 Å². The molecule has 10 heteroatoms. The molecular weight excluding hydrogens is 480 g/mol. The maximum absolute atomic E-state index is 13.2. The lowest BCUT2D eigenvalue weighted by Crippen LogP contribution is -2.47. The smallest absolute Gasteiger partial charge is 0.254 e. The molecule has 0 spiro atoms. The monoisotopic (exact) mass is 516 g/mol. The fourth-order valence-electron chi connectivity index (χ4n) is 5.75. The highest BCUT2D eigenvalue weighted by atomic mass is 16.2. The molecule has 1 amide bonds. The van der Waals surface area contributed by atoms with Crippen LogP contribution in [0.25, 0.3) is 11.3 Å². The summed E-state index contributed by atoms with van der Waals surface area (Å²) in [7, 11) is 0. The van der Waals surface area contributed by atoms with E-state index in [1.165, 1.54) is 25.7 Å². The summed E-state index contributed by atoms with van der Waals surface area (Å²) in [6.07, 6.45) is 14.6. The van der Waals surface area contributed by atoms with Gasteiger partial charge in [-0.3, -0.25) is 19.1 Å². The third-order valence-corrected chi connectivity index (χ3v) is 8.34. The van der Waals surface area contributed by atoms with Crippen LogP contribution in [0.4, 0.5) is 11.4 Å². The van der Waals surface area contributed by atoms with E-state index in [-0.39, 0.29) is 17.6 Å². The molecule has 3 aliphatic rings. The number of aromatic nitrogens is 5. The normalized spacial score (nSPS) is 21.1. The molecule has 1 N–H and O–H groups in total. The first kappa shape index (κ1) is 24.8. The molecule has 2 saturated heterocycles. The number of hydrogen-bond donors (Lipinski definition) is 1. The van der Waals surface area contributed by atoms with Crippen LogP contribution in [0.3, 0.4) is 0 Å². The van der Waals surface area contributed by atoms with E-state index in [0.29, 0.717) is 24.7 Å². The number of anilines is 2. The van der Waals surface area contributed by atoms with Crippen molar-refractivity contribution in [3.05, 3.63) is 53.3 Å². The molecule has 6 rings (SSSR count). The molecule has 1 unspecified atom stereocenters. The van der Waals surface area contributed by atoms with Gasteiger partial charge in [0.05, 0.1) is 18.1 Å². The standard InChI is InChI=1S/C28H36N8O2/c1-20(36-19-26(31-32-36)22-13-25(17-29-16-22)35-11-4-8-27(35)37)34-12-9-24(14-28(34)38)33-10-3-7-23(18-33)30-15-21-5-2-6-21/h9,12-14,16-17,19-21,23,30H,2-8,10-11,15,18H2,1H3/t20?,23-/m1/s1. The molecule has 3 aromatic heterocycles. The van der Waals surface area contributed by atoms with E-state index in [2.05, 4.69) is 25.5 Å². The van der Waals surface area contributed by atoms with Crippen molar-refractivity contribution in [1.29, 1.82) is 0 Å².